The lowest BCUT2D eigenvalue weighted by Gasteiger charge is -2.01. The van der Waals surface area contributed by atoms with E-state index in [9.17, 15) is 23.3 Å². The van der Waals surface area contributed by atoms with Crippen molar-refractivity contribution in [2.24, 2.45) is 0 Å². The number of carbonyl (C=O) groups is 1. The highest BCUT2D eigenvalue weighted by molar-refractivity contribution is 7.93. The van der Waals surface area contributed by atoms with Gasteiger partial charge in [-0.15, -0.1) is 0 Å². The van der Waals surface area contributed by atoms with Gasteiger partial charge in [0, 0.05) is 12.1 Å². The van der Waals surface area contributed by atoms with E-state index in [4.69, 9.17) is 4.42 Å². The molecule has 0 fully saturated rings. The minimum absolute atomic E-state index is 0.0937. The van der Waals surface area contributed by atoms with E-state index in [0.717, 1.165) is 41.8 Å². The summed E-state index contributed by atoms with van der Waals surface area (Å²) in [5, 5.41) is 13.2. The molecule has 0 atom stereocenters. The Kier molecular flexibility index (Phi) is 4.33. The Hall–Kier alpha value is -3.05. The van der Waals surface area contributed by atoms with Crippen molar-refractivity contribution in [3.05, 3.63) is 64.7 Å². The average Bonchev–Trinajstić information content (AvgIpc) is 3.26. The van der Waals surface area contributed by atoms with E-state index in [1.807, 2.05) is 0 Å². The molecule has 9 nitrogen and oxygen atoms in total. The molecule has 3 aromatic rings. The summed E-state index contributed by atoms with van der Waals surface area (Å²) < 4.78 is 29.7. The van der Waals surface area contributed by atoms with Crippen LogP contribution in [0, 0.1) is 10.1 Å². The zero-order chi connectivity index (χ0) is 18.0. The first-order valence-electron chi connectivity index (χ1n) is 6.67. The summed E-state index contributed by atoms with van der Waals surface area (Å²) in [6.07, 6.45) is 3.70. The molecule has 0 unspecified atom stereocenters. The number of rotatable bonds is 5. The molecule has 0 aliphatic heterocycles. The van der Waals surface area contributed by atoms with Crippen molar-refractivity contribution in [3.63, 3.8) is 0 Å². The van der Waals surface area contributed by atoms with Gasteiger partial charge in [0.25, 0.3) is 11.6 Å². The lowest BCUT2D eigenvalue weighted by molar-refractivity contribution is -0.384. The predicted octanol–water partition coefficient (Wildman–Crippen LogP) is 2.73. The third-order valence-corrected chi connectivity index (χ3v) is 6.25. The molecule has 2 heterocycles. The number of aromatic nitrogens is 1. The van der Waals surface area contributed by atoms with Gasteiger partial charge in [-0.05, 0) is 18.2 Å². The molecule has 0 saturated carbocycles. The molecule has 2 aromatic heterocycles. The van der Waals surface area contributed by atoms with Crippen molar-refractivity contribution in [1.29, 1.82) is 0 Å². The molecule has 0 radical (unpaired) electrons. The van der Waals surface area contributed by atoms with Gasteiger partial charge in [-0.1, -0.05) is 11.3 Å². The predicted molar refractivity (Wildman–Crippen MR) is 87.3 cm³/mol. The van der Waals surface area contributed by atoms with E-state index in [0.29, 0.717) is 0 Å². The van der Waals surface area contributed by atoms with Crippen LogP contribution in [0.4, 0.5) is 10.8 Å². The van der Waals surface area contributed by atoms with Gasteiger partial charge in [-0.3, -0.25) is 20.2 Å². The van der Waals surface area contributed by atoms with Crippen LogP contribution in [0.5, 0.6) is 0 Å². The summed E-state index contributed by atoms with van der Waals surface area (Å²) in [5.74, 6) is -0.484. The van der Waals surface area contributed by atoms with E-state index < -0.39 is 20.7 Å². The number of hydrogen-bond acceptors (Lipinski definition) is 8. The Morgan fingerprint density at radius 2 is 1.96 bits per heavy atom. The number of nitro benzene ring substituents is 1. The summed E-state index contributed by atoms with van der Waals surface area (Å²) in [5.41, 5.74) is 0.0614. The molecule has 25 heavy (non-hydrogen) atoms. The smallest absolute Gasteiger partial charge is 0.269 e. The van der Waals surface area contributed by atoms with Crippen molar-refractivity contribution in [2.45, 2.75) is 9.10 Å². The average molecular weight is 379 g/mol. The van der Waals surface area contributed by atoms with Crippen LogP contribution in [-0.2, 0) is 9.84 Å². The summed E-state index contributed by atoms with van der Waals surface area (Å²) >= 11 is 0.775. The Balaban J connectivity index is 1.83. The van der Waals surface area contributed by atoms with E-state index in [1.165, 1.54) is 18.6 Å². The SMILES string of the molecule is O=C(Nc1ncc(S(=O)(=O)c2ccc([N+](=O)[O-])cc2)s1)c1ccoc1. The highest BCUT2D eigenvalue weighted by atomic mass is 32.2. The van der Waals surface area contributed by atoms with Crippen LogP contribution in [0.15, 0.2) is 62.6 Å². The fourth-order valence-electron chi connectivity index (χ4n) is 1.87. The maximum absolute atomic E-state index is 12.5. The quantitative estimate of drug-likeness (QED) is 0.532. The van der Waals surface area contributed by atoms with Gasteiger partial charge in [-0.25, -0.2) is 13.4 Å². The molecule has 128 valence electrons. The second-order valence-corrected chi connectivity index (χ2v) is 7.91. The number of nitro groups is 1. The molecule has 0 aliphatic carbocycles. The maximum Gasteiger partial charge on any atom is 0.269 e. The summed E-state index contributed by atoms with van der Waals surface area (Å²) in [4.78, 5) is 25.7. The molecular weight excluding hydrogens is 370 g/mol. The van der Waals surface area contributed by atoms with Gasteiger partial charge in [0.05, 0.1) is 27.8 Å². The van der Waals surface area contributed by atoms with Crippen LogP contribution in [0.2, 0.25) is 0 Å². The molecule has 0 spiro atoms. The lowest BCUT2D eigenvalue weighted by Crippen LogP contribution is -2.10. The Bertz CT molecular complexity index is 1020. The monoisotopic (exact) mass is 379 g/mol. The zero-order valence-corrected chi connectivity index (χ0v) is 13.9. The second kappa shape index (κ2) is 6.45. The molecule has 3 rings (SSSR count). The number of nitrogens with zero attached hydrogens (tertiary/aromatic N) is 2. The second-order valence-electron chi connectivity index (χ2n) is 4.71. The molecule has 0 saturated heterocycles. The number of carbonyl (C=O) groups excluding carboxylic acids is 1. The maximum atomic E-state index is 12.5. The molecular formula is C14H9N3O6S2. The number of hydrogen-bond donors (Lipinski definition) is 1. The van der Waals surface area contributed by atoms with Crippen LogP contribution in [0.1, 0.15) is 10.4 Å². The number of sulfone groups is 1. The normalized spacial score (nSPS) is 11.2. The highest BCUT2D eigenvalue weighted by Gasteiger charge is 2.22. The molecule has 1 N–H and O–H groups in total. The van der Waals surface area contributed by atoms with E-state index in [2.05, 4.69) is 10.3 Å². The van der Waals surface area contributed by atoms with Gasteiger partial charge >= 0.3 is 0 Å². The summed E-state index contributed by atoms with van der Waals surface area (Å²) in [7, 11) is -3.89. The number of amides is 1. The molecule has 11 heteroatoms. The number of nitrogens with one attached hydrogen (secondary N) is 1. The number of benzene rings is 1. The van der Waals surface area contributed by atoms with Crippen LogP contribution in [0.3, 0.4) is 0 Å². The minimum Gasteiger partial charge on any atom is -0.472 e. The fourth-order valence-corrected chi connectivity index (χ4v) is 4.30. The van der Waals surface area contributed by atoms with Gasteiger partial charge < -0.3 is 4.42 Å². The zero-order valence-electron chi connectivity index (χ0n) is 12.3. The minimum atomic E-state index is -3.89. The van der Waals surface area contributed by atoms with Crippen LogP contribution in [-0.4, -0.2) is 24.2 Å². The fraction of sp³-hybridized carbons (Fsp3) is 0. The van der Waals surface area contributed by atoms with Crippen LogP contribution < -0.4 is 5.32 Å². The molecule has 0 bridgehead atoms. The van der Waals surface area contributed by atoms with E-state index >= 15 is 0 Å². The highest BCUT2D eigenvalue weighted by Crippen LogP contribution is 2.29. The van der Waals surface area contributed by atoms with Gasteiger partial charge in [0.15, 0.2) is 5.13 Å². The van der Waals surface area contributed by atoms with Gasteiger partial charge in [0.1, 0.15) is 10.5 Å². The summed E-state index contributed by atoms with van der Waals surface area (Å²) in [6.45, 7) is 0. The Labute approximate surface area is 145 Å². The number of furan rings is 1. The Morgan fingerprint density at radius 3 is 2.56 bits per heavy atom. The third-order valence-electron chi connectivity index (χ3n) is 3.11. The lowest BCUT2D eigenvalue weighted by atomic mass is 10.3. The van der Waals surface area contributed by atoms with Crippen LogP contribution in [0.25, 0.3) is 0 Å². The molecule has 0 aliphatic rings. The first-order chi connectivity index (χ1) is 11.9. The van der Waals surface area contributed by atoms with Gasteiger partial charge in [0.2, 0.25) is 9.84 Å². The topological polar surface area (TPSA) is 132 Å². The largest absolute Gasteiger partial charge is 0.472 e. The summed E-state index contributed by atoms with van der Waals surface area (Å²) in [6, 6.07) is 5.97. The standard InChI is InChI=1S/C14H9N3O6S2/c18-13(9-5-6-23-8-9)16-14-15-7-12(24-14)25(21,22)11-3-1-10(2-4-11)17(19)20/h1-8H,(H,15,16,18). The third kappa shape index (κ3) is 3.41. The van der Waals surface area contributed by atoms with Crippen LogP contribution >= 0.6 is 11.3 Å². The number of thiazole rings is 1. The van der Waals surface area contributed by atoms with Crippen molar-refractivity contribution >= 4 is 37.9 Å². The van der Waals surface area contributed by atoms with Crippen molar-refractivity contribution in [1.82, 2.24) is 4.98 Å². The number of anilines is 1. The van der Waals surface area contributed by atoms with Gasteiger partial charge in [-0.2, -0.15) is 0 Å². The number of non-ortho nitro benzene ring substituents is 1. The Morgan fingerprint density at radius 1 is 1.24 bits per heavy atom. The molecule has 1 aromatic carbocycles. The molecule has 1 amide bonds. The first-order valence-corrected chi connectivity index (χ1v) is 8.97. The van der Waals surface area contributed by atoms with Crippen molar-refractivity contribution < 1.29 is 22.6 Å². The first kappa shape index (κ1) is 16.8. The van der Waals surface area contributed by atoms with E-state index in [-0.39, 0.29) is 25.5 Å². The van der Waals surface area contributed by atoms with Crippen molar-refractivity contribution in [2.75, 3.05) is 5.32 Å². The van der Waals surface area contributed by atoms with Crippen molar-refractivity contribution in [3.8, 4) is 0 Å². The van der Waals surface area contributed by atoms with E-state index in [1.54, 1.807) is 0 Å².